The van der Waals surface area contributed by atoms with Crippen molar-refractivity contribution in [2.75, 3.05) is 6.26 Å². The molecular weight excluding hydrogens is 230 g/mol. The van der Waals surface area contributed by atoms with Crippen molar-refractivity contribution in [3.63, 3.8) is 0 Å². The number of rotatable bonds is 3. The summed E-state index contributed by atoms with van der Waals surface area (Å²) in [5.74, 6) is 0.0308. The Bertz CT molecular complexity index is 537. The molecule has 0 N–H and O–H groups in total. The van der Waals surface area contributed by atoms with Crippen LogP contribution in [0, 0.1) is 6.92 Å². The summed E-state index contributed by atoms with van der Waals surface area (Å²) in [6.45, 7) is 1.94. The normalized spacial score (nSPS) is 10.2. The summed E-state index contributed by atoms with van der Waals surface area (Å²) in [7, 11) is 0. The third-order valence-electron chi connectivity index (χ3n) is 2.58. The number of carbonyl (C=O) groups is 1. The maximum absolute atomic E-state index is 12.2. The number of carbonyl (C=O) groups excluding carboxylic acids is 1. The Kier molecular flexibility index (Phi) is 3.59. The number of pyridine rings is 1. The summed E-state index contributed by atoms with van der Waals surface area (Å²) in [5, 5.41) is 0.937. The van der Waals surface area contributed by atoms with E-state index in [1.54, 1.807) is 18.0 Å². The zero-order chi connectivity index (χ0) is 12.3. The first-order valence-corrected chi connectivity index (χ1v) is 6.55. The Morgan fingerprint density at radius 1 is 1.24 bits per heavy atom. The van der Waals surface area contributed by atoms with E-state index < -0.39 is 0 Å². The zero-order valence-electron chi connectivity index (χ0n) is 9.81. The molecule has 1 aromatic heterocycles. The van der Waals surface area contributed by atoms with E-state index in [0.717, 1.165) is 10.6 Å². The predicted octanol–water partition coefficient (Wildman–Crippen LogP) is 3.34. The van der Waals surface area contributed by atoms with E-state index in [4.69, 9.17) is 0 Å². The molecule has 0 aliphatic heterocycles. The van der Waals surface area contributed by atoms with Crippen LogP contribution in [0.2, 0.25) is 0 Å². The molecule has 86 valence electrons. The molecule has 0 aliphatic rings. The van der Waals surface area contributed by atoms with E-state index in [1.807, 2.05) is 49.6 Å². The first kappa shape index (κ1) is 11.9. The third-order valence-corrected chi connectivity index (χ3v) is 3.22. The molecule has 0 amide bonds. The van der Waals surface area contributed by atoms with Gasteiger partial charge in [-0.05, 0) is 24.8 Å². The Hall–Kier alpha value is -1.61. The number of ketones is 1. The van der Waals surface area contributed by atoms with E-state index in [-0.39, 0.29) is 5.78 Å². The molecule has 0 saturated heterocycles. The van der Waals surface area contributed by atoms with Gasteiger partial charge in [0.1, 0.15) is 0 Å². The average Bonchev–Trinajstić information content (AvgIpc) is 2.39. The highest BCUT2D eigenvalue weighted by Crippen LogP contribution is 2.18. The van der Waals surface area contributed by atoms with Crippen LogP contribution < -0.4 is 0 Å². The molecule has 0 radical (unpaired) electrons. The van der Waals surface area contributed by atoms with Crippen LogP contribution in [0.5, 0.6) is 0 Å². The maximum atomic E-state index is 12.2. The summed E-state index contributed by atoms with van der Waals surface area (Å²) in [5.41, 5.74) is 2.35. The lowest BCUT2D eigenvalue weighted by molar-refractivity contribution is 0.103. The highest BCUT2D eigenvalue weighted by atomic mass is 32.2. The van der Waals surface area contributed by atoms with Crippen LogP contribution in [0.25, 0.3) is 0 Å². The number of hydrogen-bond acceptors (Lipinski definition) is 3. The van der Waals surface area contributed by atoms with E-state index >= 15 is 0 Å². The van der Waals surface area contributed by atoms with Crippen molar-refractivity contribution >= 4 is 17.5 Å². The molecule has 0 unspecified atom stereocenters. The number of aromatic nitrogens is 1. The predicted molar refractivity (Wildman–Crippen MR) is 70.6 cm³/mol. The van der Waals surface area contributed by atoms with Gasteiger partial charge in [0.2, 0.25) is 0 Å². The molecule has 2 aromatic rings. The van der Waals surface area contributed by atoms with Gasteiger partial charge in [-0.25, -0.2) is 4.98 Å². The second kappa shape index (κ2) is 5.15. The van der Waals surface area contributed by atoms with Gasteiger partial charge in [-0.2, -0.15) is 0 Å². The SMILES string of the molecule is CSc1cc(C)c(C(=O)c2ccccc2)cn1. The lowest BCUT2D eigenvalue weighted by Gasteiger charge is -2.05. The molecule has 2 rings (SSSR count). The van der Waals surface area contributed by atoms with Gasteiger partial charge in [0.05, 0.1) is 5.03 Å². The summed E-state index contributed by atoms with van der Waals surface area (Å²) >= 11 is 1.58. The quantitative estimate of drug-likeness (QED) is 0.611. The fourth-order valence-corrected chi connectivity index (χ4v) is 2.08. The number of nitrogens with zero attached hydrogens (tertiary/aromatic N) is 1. The van der Waals surface area contributed by atoms with Gasteiger partial charge in [-0.15, -0.1) is 11.8 Å². The van der Waals surface area contributed by atoms with Crippen LogP contribution in [-0.2, 0) is 0 Å². The minimum absolute atomic E-state index is 0.0308. The van der Waals surface area contributed by atoms with Gasteiger partial charge < -0.3 is 0 Å². The van der Waals surface area contributed by atoms with Crippen LogP contribution in [-0.4, -0.2) is 17.0 Å². The molecule has 0 fully saturated rings. The number of aryl methyl sites for hydroxylation is 1. The van der Waals surface area contributed by atoms with E-state index in [9.17, 15) is 4.79 Å². The summed E-state index contributed by atoms with van der Waals surface area (Å²) in [4.78, 5) is 16.5. The molecule has 17 heavy (non-hydrogen) atoms. The van der Waals surface area contributed by atoms with Gasteiger partial charge in [0, 0.05) is 17.3 Å². The Morgan fingerprint density at radius 2 is 1.94 bits per heavy atom. The van der Waals surface area contributed by atoms with Gasteiger partial charge in [-0.3, -0.25) is 4.79 Å². The molecule has 0 spiro atoms. The summed E-state index contributed by atoms with van der Waals surface area (Å²) in [6, 6.07) is 11.2. The number of benzene rings is 1. The Balaban J connectivity index is 2.38. The highest BCUT2D eigenvalue weighted by molar-refractivity contribution is 7.98. The monoisotopic (exact) mass is 243 g/mol. The van der Waals surface area contributed by atoms with Crippen molar-refractivity contribution in [3.05, 3.63) is 59.3 Å². The minimum atomic E-state index is 0.0308. The summed E-state index contributed by atoms with van der Waals surface area (Å²) in [6.07, 6.45) is 3.64. The van der Waals surface area contributed by atoms with Gasteiger partial charge in [-0.1, -0.05) is 30.3 Å². The summed E-state index contributed by atoms with van der Waals surface area (Å²) < 4.78 is 0. The smallest absolute Gasteiger partial charge is 0.194 e. The molecule has 0 aliphatic carbocycles. The minimum Gasteiger partial charge on any atom is -0.289 e. The van der Waals surface area contributed by atoms with Gasteiger partial charge in [0.25, 0.3) is 0 Å². The van der Waals surface area contributed by atoms with Crippen LogP contribution >= 0.6 is 11.8 Å². The Labute approximate surface area is 105 Å². The van der Waals surface area contributed by atoms with Crippen LogP contribution in [0.4, 0.5) is 0 Å². The first-order chi connectivity index (χ1) is 8.22. The van der Waals surface area contributed by atoms with Crippen molar-refractivity contribution in [1.29, 1.82) is 0 Å². The van der Waals surface area contributed by atoms with Crippen LogP contribution in [0.15, 0.2) is 47.6 Å². The maximum Gasteiger partial charge on any atom is 0.194 e. The largest absolute Gasteiger partial charge is 0.289 e. The van der Waals surface area contributed by atoms with Gasteiger partial charge in [0.15, 0.2) is 5.78 Å². The molecular formula is C14H13NOS. The topological polar surface area (TPSA) is 30.0 Å². The van der Waals surface area contributed by atoms with Crippen molar-refractivity contribution in [1.82, 2.24) is 4.98 Å². The lowest BCUT2D eigenvalue weighted by atomic mass is 10.0. The fraction of sp³-hybridized carbons (Fsp3) is 0.143. The number of hydrogen-bond donors (Lipinski definition) is 0. The van der Waals surface area contributed by atoms with Crippen LogP contribution in [0.1, 0.15) is 21.5 Å². The standard InChI is InChI=1S/C14H13NOS/c1-10-8-13(17-2)15-9-12(10)14(16)11-6-4-3-5-7-11/h3-9H,1-2H3. The van der Waals surface area contributed by atoms with Crippen molar-refractivity contribution < 1.29 is 4.79 Å². The molecule has 0 atom stereocenters. The van der Waals surface area contributed by atoms with E-state index in [1.165, 1.54) is 0 Å². The molecule has 1 aromatic carbocycles. The van der Waals surface area contributed by atoms with Crippen molar-refractivity contribution in [2.45, 2.75) is 11.9 Å². The van der Waals surface area contributed by atoms with E-state index in [0.29, 0.717) is 11.1 Å². The molecule has 3 heteroatoms. The first-order valence-electron chi connectivity index (χ1n) is 5.33. The molecule has 0 bridgehead atoms. The number of thioether (sulfide) groups is 1. The Morgan fingerprint density at radius 3 is 2.53 bits per heavy atom. The average molecular weight is 243 g/mol. The van der Waals surface area contributed by atoms with Crippen molar-refractivity contribution in [2.24, 2.45) is 0 Å². The van der Waals surface area contributed by atoms with Gasteiger partial charge >= 0.3 is 0 Å². The lowest BCUT2D eigenvalue weighted by Crippen LogP contribution is -2.04. The zero-order valence-corrected chi connectivity index (χ0v) is 10.6. The molecule has 2 nitrogen and oxygen atoms in total. The second-order valence-electron chi connectivity index (χ2n) is 3.74. The third kappa shape index (κ3) is 2.56. The fourth-order valence-electron chi connectivity index (χ4n) is 1.62. The van der Waals surface area contributed by atoms with Crippen LogP contribution in [0.3, 0.4) is 0 Å². The second-order valence-corrected chi connectivity index (χ2v) is 4.56. The van der Waals surface area contributed by atoms with E-state index in [2.05, 4.69) is 4.98 Å². The molecule has 1 heterocycles. The molecule has 0 saturated carbocycles. The van der Waals surface area contributed by atoms with Crippen molar-refractivity contribution in [3.8, 4) is 0 Å². The highest BCUT2D eigenvalue weighted by Gasteiger charge is 2.12.